The largest absolute Gasteiger partial charge is 0.454 e. The first-order chi connectivity index (χ1) is 11.2. The van der Waals surface area contributed by atoms with E-state index in [2.05, 4.69) is 20.8 Å². The molecule has 0 spiro atoms. The molecule has 0 atom stereocenters. The minimum absolute atomic E-state index is 0.150. The lowest BCUT2D eigenvalue weighted by Crippen LogP contribution is -2.29. The predicted octanol–water partition coefficient (Wildman–Crippen LogP) is -0.739. The number of tetrazole rings is 1. The molecule has 0 saturated heterocycles. The highest BCUT2D eigenvalue weighted by Crippen LogP contribution is 2.32. The Morgan fingerprint density at radius 1 is 1.30 bits per heavy atom. The third kappa shape index (κ3) is 3.93. The molecule has 1 aliphatic heterocycles. The van der Waals surface area contributed by atoms with Crippen LogP contribution in [0.2, 0.25) is 0 Å². The second-order valence-corrected chi connectivity index (χ2v) is 4.63. The third-order valence-corrected chi connectivity index (χ3v) is 2.97. The van der Waals surface area contributed by atoms with Crippen molar-refractivity contribution in [2.24, 2.45) is 0 Å². The smallest absolute Gasteiger partial charge is 0.328 e. The summed E-state index contributed by atoms with van der Waals surface area (Å²) >= 11 is 0. The molecule has 10 nitrogen and oxygen atoms in total. The minimum Gasteiger partial charge on any atom is -0.454 e. The maximum Gasteiger partial charge on any atom is 0.328 e. The first kappa shape index (κ1) is 14.8. The van der Waals surface area contributed by atoms with E-state index in [-0.39, 0.29) is 19.9 Å². The molecule has 1 aromatic carbocycles. The van der Waals surface area contributed by atoms with Gasteiger partial charge in [0.05, 0.1) is 0 Å². The second kappa shape index (κ2) is 6.73. The molecule has 0 aliphatic carbocycles. The topological polar surface area (TPSA) is 117 Å². The average molecular weight is 319 g/mol. The molecule has 0 unspecified atom stereocenters. The van der Waals surface area contributed by atoms with E-state index in [0.29, 0.717) is 18.0 Å². The lowest BCUT2D eigenvalue weighted by atomic mass is 10.2. The number of carbonyl (C=O) groups is 2. The van der Waals surface area contributed by atoms with E-state index in [1.54, 1.807) is 12.1 Å². The molecule has 120 valence electrons. The standard InChI is InChI=1S/C13H13N5O5/c19-12(6-21-13(20)5-18-7-15-16-17-18)14-4-9-1-2-10-11(3-9)23-8-22-10/h1-3,7H,4-6,8H2,(H,14,19). The fraction of sp³-hybridized carbons (Fsp3) is 0.308. The summed E-state index contributed by atoms with van der Waals surface area (Å²) in [6.45, 7) is -0.0314. The van der Waals surface area contributed by atoms with Crippen molar-refractivity contribution in [3.05, 3.63) is 30.1 Å². The molecule has 2 heterocycles. The summed E-state index contributed by atoms with van der Waals surface area (Å²) in [5, 5.41) is 12.9. The fourth-order valence-electron chi connectivity index (χ4n) is 1.88. The number of aromatic nitrogens is 4. The van der Waals surface area contributed by atoms with Gasteiger partial charge in [-0.3, -0.25) is 9.59 Å². The fourth-order valence-corrected chi connectivity index (χ4v) is 1.88. The van der Waals surface area contributed by atoms with Crippen molar-refractivity contribution in [3.63, 3.8) is 0 Å². The maximum atomic E-state index is 11.7. The Labute approximate surface area is 130 Å². The number of benzene rings is 1. The molecule has 0 fully saturated rings. The normalized spacial score (nSPS) is 12.0. The summed E-state index contributed by atoms with van der Waals surface area (Å²) in [6, 6.07) is 5.37. The zero-order chi connectivity index (χ0) is 16.1. The summed E-state index contributed by atoms with van der Waals surface area (Å²) in [6.07, 6.45) is 1.28. The molecule has 1 aromatic heterocycles. The van der Waals surface area contributed by atoms with Crippen LogP contribution in [0.1, 0.15) is 5.56 Å². The van der Waals surface area contributed by atoms with Crippen LogP contribution >= 0.6 is 0 Å². The van der Waals surface area contributed by atoms with Crippen LogP contribution < -0.4 is 14.8 Å². The van der Waals surface area contributed by atoms with E-state index in [1.165, 1.54) is 11.0 Å². The van der Waals surface area contributed by atoms with Crippen LogP contribution in [0.25, 0.3) is 0 Å². The second-order valence-electron chi connectivity index (χ2n) is 4.63. The number of rotatable bonds is 6. The molecular formula is C13H13N5O5. The van der Waals surface area contributed by atoms with Gasteiger partial charge in [0.15, 0.2) is 18.1 Å². The van der Waals surface area contributed by atoms with E-state index in [1.807, 2.05) is 6.07 Å². The van der Waals surface area contributed by atoms with E-state index >= 15 is 0 Å². The van der Waals surface area contributed by atoms with E-state index in [0.717, 1.165) is 5.56 Å². The van der Waals surface area contributed by atoms with Crippen LogP contribution in [0.3, 0.4) is 0 Å². The van der Waals surface area contributed by atoms with Crippen molar-refractivity contribution in [2.45, 2.75) is 13.1 Å². The Hall–Kier alpha value is -3.17. The molecule has 1 amide bonds. The van der Waals surface area contributed by atoms with Crippen molar-refractivity contribution in [2.75, 3.05) is 13.4 Å². The van der Waals surface area contributed by atoms with Crippen LogP contribution in [0.5, 0.6) is 11.5 Å². The van der Waals surface area contributed by atoms with Crippen molar-refractivity contribution >= 4 is 11.9 Å². The Morgan fingerprint density at radius 3 is 3.00 bits per heavy atom. The highest BCUT2D eigenvalue weighted by molar-refractivity contribution is 5.80. The lowest BCUT2D eigenvalue weighted by molar-refractivity contribution is -0.149. The van der Waals surface area contributed by atoms with Gasteiger partial charge in [-0.2, -0.15) is 0 Å². The number of fused-ring (bicyclic) bond motifs is 1. The van der Waals surface area contributed by atoms with Gasteiger partial charge < -0.3 is 19.5 Å². The zero-order valence-corrected chi connectivity index (χ0v) is 12.0. The van der Waals surface area contributed by atoms with E-state index < -0.39 is 11.9 Å². The quantitative estimate of drug-likeness (QED) is 0.692. The summed E-state index contributed by atoms with van der Waals surface area (Å²) in [7, 11) is 0. The Bertz CT molecular complexity index is 703. The Balaban J connectivity index is 1.40. The van der Waals surface area contributed by atoms with Crippen LogP contribution in [-0.4, -0.2) is 45.5 Å². The number of hydrogen-bond donors (Lipinski definition) is 1. The number of nitrogens with zero attached hydrogens (tertiary/aromatic N) is 4. The molecule has 3 rings (SSSR count). The summed E-state index contributed by atoms with van der Waals surface area (Å²) in [5.41, 5.74) is 0.850. The number of amides is 1. The van der Waals surface area contributed by atoms with E-state index in [4.69, 9.17) is 14.2 Å². The number of hydrogen-bond acceptors (Lipinski definition) is 8. The van der Waals surface area contributed by atoms with Gasteiger partial charge in [0, 0.05) is 6.54 Å². The number of esters is 1. The maximum absolute atomic E-state index is 11.7. The van der Waals surface area contributed by atoms with E-state index in [9.17, 15) is 9.59 Å². The molecule has 1 aliphatic rings. The molecule has 0 saturated carbocycles. The minimum atomic E-state index is -0.601. The summed E-state index contributed by atoms with van der Waals surface area (Å²) in [4.78, 5) is 23.1. The summed E-state index contributed by atoms with van der Waals surface area (Å²) < 4.78 is 16.5. The van der Waals surface area contributed by atoms with Gasteiger partial charge in [-0.1, -0.05) is 6.07 Å². The molecular weight excluding hydrogens is 306 g/mol. The summed E-state index contributed by atoms with van der Waals surface area (Å²) in [5.74, 6) is 0.310. The molecule has 23 heavy (non-hydrogen) atoms. The van der Waals surface area contributed by atoms with Gasteiger partial charge >= 0.3 is 5.97 Å². The number of ether oxygens (including phenoxy) is 3. The number of nitrogens with one attached hydrogen (secondary N) is 1. The lowest BCUT2D eigenvalue weighted by Gasteiger charge is -2.07. The number of carbonyl (C=O) groups excluding carboxylic acids is 2. The van der Waals surface area contributed by atoms with Crippen molar-refractivity contribution in [1.29, 1.82) is 0 Å². The molecule has 0 radical (unpaired) electrons. The van der Waals surface area contributed by atoms with Crippen molar-refractivity contribution in [3.8, 4) is 11.5 Å². The third-order valence-electron chi connectivity index (χ3n) is 2.97. The van der Waals surface area contributed by atoms with Gasteiger partial charge in [-0.15, -0.1) is 5.10 Å². The van der Waals surface area contributed by atoms with Gasteiger partial charge in [0.2, 0.25) is 6.79 Å². The first-order valence-corrected chi connectivity index (χ1v) is 6.72. The van der Waals surface area contributed by atoms with Gasteiger partial charge in [0.1, 0.15) is 12.9 Å². The molecule has 10 heteroatoms. The average Bonchev–Trinajstić information content (AvgIpc) is 3.21. The van der Waals surface area contributed by atoms with Crippen molar-refractivity contribution < 1.29 is 23.8 Å². The van der Waals surface area contributed by atoms with Gasteiger partial charge in [-0.05, 0) is 28.1 Å². The monoisotopic (exact) mass is 319 g/mol. The molecule has 1 N–H and O–H groups in total. The predicted molar refractivity (Wildman–Crippen MR) is 73.2 cm³/mol. The molecule has 2 aromatic rings. The van der Waals surface area contributed by atoms with Gasteiger partial charge in [0.25, 0.3) is 5.91 Å². The molecule has 0 bridgehead atoms. The van der Waals surface area contributed by atoms with Crippen LogP contribution in [0, 0.1) is 0 Å². The van der Waals surface area contributed by atoms with Crippen molar-refractivity contribution in [1.82, 2.24) is 25.5 Å². The SMILES string of the molecule is O=C(COC(=O)Cn1cnnn1)NCc1ccc2c(c1)OCO2. The van der Waals surface area contributed by atoms with Crippen LogP contribution in [0.15, 0.2) is 24.5 Å². The first-order valence-electron chi connectivity index (χ1n) is 6.72. The highest BCUT2D eigenvalue weighted by Gasteiger charge is 2.14. The Morgan fingerprint density at radius 2 is 2.17 bits per heavy atom. The van der Waals surface area contributed by atoms with Crippen LogP contribution in [-0.2, 0) is 27.4 Å². The Kier molecular flexibility index (Phi) is 4.32. The highest BCUT2D eigenvalue weighted by atomic mass is 16.7. The van der Waals surface area contributed by atoms with Gasteiger partial charge in [-0.25, -0.2) is 4.68 Å². The zero-order valence-electron chi connectivity index (χ0n) is 12.0. The van der Waals surface area contributed by atoms with Crippen LogP contribution in [0.4, 0.5) is 0 Å².